The number of benzene rings is 1. The third kappa shape index (κ3) is 3.71. The number of hydrogen-bond donors (Lipinski definition) is 1. The van der Waals surface area contributed by atoms with Crippen LogP contribution in [-0.4, -0.2) is 53.3 Å². The molecule has 1 amide bonds. The number of phenolic OH excluding ortho intramolecular Hbond substituents is 1. The Morgan fingerprint density at radius 3 is 2.80 bits per heavy atom. The van der Waals surface area contributed by atoms with E-state index in [0.29, 0.717) is 25.7 Å². The number of phenols is 1. The zero-order valence-electron chi connectivity index (χ0n) is 13.1. The van der Waals surface area contributed by atoms with Crippen molar-refractivity contribution in [3.05, 3.63) is 27.1 Å². The van der Waals surface area contributed by atoms with E-state index in [1.54, 1.807) is 18.2 Å². The summed E-state index contributed by atoms with van der Waals surface area (Å²) in [4.78, 5) is 14.5. The number of ether oxygens (including phenoxy) is 1. The third-order valence-corrected chi connectivity index (χ3v) is 7.65. The summed E-state index contributed by atoms with van der Waals surface area (Å²) in [5.74, 6) is -0.0112. The molecule has 2 saturated heterocycles. The highest BCUT2D eigenvalue weighted by Gasteiger charge is 2.42. The molecule has 0 radical (unpaired) electrons. The summed E-state index contributed by atoms with van der Waals surface area (Å²) in [7, 11) is -1.67. The van der Waals surface area contributed by atoms with E-state index in [9.17, 15) is 18.3 Å². The largest absolute Gasteiger partial charge is 0.503 e. The lowest BCUT2D eigenvalue weighted by molar-refractivity contribution is -0.123. The molecule has 10 heteroatoms. The number of nitrogens with zero attached hydrogens (tertiary/aromatic N) is 1. The van der Waals surface area contributed by atoms with Gasteiger partial charge in [0.2, 0.25) is 0 Å². The van der Waals surface area contributed by atoms with Gasteiger partial charge in [0.1, 0.15) is 4.32 Å². The van der Waals surface area contributed by atoms with Gasteiger partial charge in [-0.25, -0.2) is 8.42 Å². The van der Waals surface area contributed by atoms with E-state index in [1.165, 1.54) is 12.0 Å². The Balaban J connectivity index is 1.90. The van der Waals surface area contributed by atoms with E-state index in [2.05, 4.69) is 15.9 Å². The molecule has 2 fully saturated rings. The number of sulfone groups is 1. The molecule has 1 unspecified atom stereocenters. The number of aromatic hydroxyl groups is 1. The lowest BCUT2D eigenvalue weighted by atomic mass is 10.1. The van der Waals surface area contributed by atoms with E-state index in [-0.39, 0.29) is 28.9 Å². The molecular weight excluding hydrogens is 450 g/mol. The van der Waals surface area contributed by atoms with Crippen LogP contribution in [-0.2, 0) is 14.6 Å². The summed E-state index contributed by atoms with van der Waals surface area (Å²) in [5.41, 5.74) is 0.654. The molecule has 1 N–H and O–H groups in total. The normalized spacial score (nSPS) is 24.3. The number of rotatable bonds is 3. The number of carbonyl (C=O) groups excluding carboxylic acids is 1. The summed E-state index contributed by atoms with van der Waals surface area (Å²) in [6, 6.07) is 2.86. The molecule has 1 atom stereocenters. The zero-order valence-corrected chi connectivity index (χ0v) is 17.1. The van der Waals surface area contributed by atoms with Gasteiger partial charge in [-0.2, -0.15) is 0 Å². The maximum Gasteiger partial charge on any atom is 0.266 e. The van der Waals surface area contributed by atoms with Crippen LogP contribution in [0, 0.1) is 0 Å². The molecule has 25 heavy (non-hydrogen) atoms. The van der Waals surface area contributed by atoms with Gasteiger partial charge in [-0.05, 0) is 46.1 Å². The van der Waals surface area contributed by atoms with E-state index < -0.39 is 15.9 Å². The second-order valence-electron chi connectivity index (χ2n) is 5.66. The fourth-order valence-corrected chi connectivity index (χ4v) is 6.32. The van der Waals surface area contributed by atoms with Crippen molar-refractivity contribution in [2.45, 2.75) is 12.5 Å². The van der Waals surface area contributed by atoms with Crippen LogP contribution < -0.4 is 4.74 Å². The molecule has 0 aliphatic carbocycles. The number of amides is 1. The van der Waals surface area contributed by atoms with Crippen LogP contribution in [0.3, 0.4) is 0 Å². The number of carbonyl (C=O) groups is 1. The molecular formula is C15H14BrNO5S3. The van der Waals surface area contributed by atoms with Crippen molar-refractivity contribution in [3.8, 4) is 11.5 Å². The molecule has 1 aromatic carbocycles. The molecule has 1 aromatic rings. The SMILES string of the molecule is COc1cc(C=C2SC(=S)N(C3CCS(=O)(=O)C3)C2=O)cc(Br)c1O. The molecule has 134 valence electrons. The van der Waals surface area contributed by atoms with Gasteiger partial charge in [-0.1, -0.05) is 24.0 Å². The molecule has 6 nitrogen and oxygen atoms in total. The van der Waals surface area contributed by atoms with Crippen molar-refractivity contribution in [1.82, 2.24) is 4.90 Å². The Bertz CT molecular complexity index is 897. The van der Waals surface area contributed by atoms with Gasteiger partial charge in [0.05, 0.1) is 34.0 Å². The van der Waals surface area contributed by atoms with Crippen molar-refractivity contribution in [2.75, 3.05) is 18.6 Å². The lowest BCUT2D eigenvalue weighted by Gasteiger charge is -2.20. The molecule has 2 aliphatic rings. The highest BCUT2D eigenvalue weighted by atomic mass is 79.9. The Morgan fingerprint density at radius 2 is 2.20 bits per heavy atom. The first-order chi connectivity index (χ1) is 11.7. The second-order valence-corrected chi connectivity index (χ2v) is 10.4. The highest BCUT2D eigenvalue weighted by molar-refractivity contribution is 9.10. The molecule has 0 spiro atoms. The number of thiocarbonyl (C=S) groups is 1. The predicted molar refractivity (Wildman–Crippen MR) is 104 cm³/mol. The quantitative estimate of drug-likeness (QED) is 0.544. The maximum absolute atomic E-state index is 12.7. The molecule has 0 aromatic heterocycles. The molecule has 2 aliphatic heterocycles. The first-order valence-corrected chi connectivity index (χ1v) is 11.1. The predicted octanol–water partition coefficient (Wildman–Crippen LogP) is 2.55. The maximum atomic E-state index is 12.7. The summed E-state index contributed by atoms with van der Waals surface area (Å²) >= 11 is 9.66. The standard InChI is InChI=1S/C15H14BrNO5S3/c1-22-11-5-8(4-10(16)13(11)18)6-12-14(19)17(15(23)24-12)9-2-3-25(20,21)7-9/h4-6,9,18H,2-3,7H2,1H3. The minimum Gasteiger partial charge on any atom is -0.503 e. The van der Waals surface area contributed by atoms with Crippen molar-refractivity contribution in [1.29, 1.82) is 0 Å². The smallest absolute Gasteiger partial charge is 0.266 e. The minimum absolute atomic E-state index is 0.0247. The van der Waals surface area contributed by atoms with Crippen LogP contribution in [0.1, 0.15) is 12.0 Å². The van der Waals surface area contributed by atoms with Crippen LogP contribution in [0.4, 0.5) is 0 Å². The summed E-state index contributed by atoms with van der Waals surface area (Å²) in [6.07, 6.45) is 2.05. The van der Waals surface area contributed by atoms with Gasteiger partial charge in [-0.3, -0.25) is 9.69 Å². The number of thioether (sulfide) groups is 1. The van der Waals surface area contributed by atoms with Crippen LogP contribution in [0.5, 0.6) is 11.5 Å². The first-order valence-electron chi connectivity index (χ1n) is 7.26. The van der Waals surface area contributed by atoms with Gasteiger partial charge in [0.25, 0.3) is 5.91 Å². The Kier molecular flexibility index (Phi) is 5.16. The highest BCUT2D eigenvalue weighted by Crippen LogP contribution is 2.39. The number of hydrogen-bond acceptors (Lipinski definition) is 7. The van der Waals surface area contributed by atoms with Crippen LogP contribution in [0.15, 0.2) is 21.5 Å². The van der Waals surface area contributed by atoms with Crippen molar-refractivity contribution in [2.24, 2.45) is 0 Å². The lowest BCUT2D eigenvalue weighted by Crippen LogP contribution is -2.39. The van der Waals surface area contributed by atoms with Crippen LogP contribution >= 0.6 is 39.9 Å². The van der Waals surface area contributed by atoms with E-state index in [0.717, 1.165) is 11.8 Å². The molecule has 3 rings (SSSR count). The summed E-state index contributed by atoms with van der Waals surface area (Å²) < 4.78 is 29.3. The van der Waals surface area contributed by atoms with E-state index in [4.69, 9.17) is 17.0 Å². The van der Waals surface area contributed by atoms with E-state index in [1.807, 2.05) is 0 Å². The molecule has 2 heterocycles. The van der Waals surface area contributed by atoms with Gasteiger partial charge in [0.15, 0.2) is 21.3 Å². The Morgan fingerprint density at radius 1 is 1.48 bits per heavy atom. The fourth-order valence-electron chi connectivity index (χ4n) is 2.76. The molecule has 0 saturated carbocycles. The van der Waals surface area contributed by atoms with Crippen molar-refractivity contribution < 1.29 is 23.1 Å². The Labute approximate surface area is 163 Å². The fraction of sp³-hybridized carbons (Fsp3) is 0.333. The third-order valence-electron chi connectivity index (χ3n) is 3.97. The van der Waals surface area contributed by atoms with Crippen LogP contribution in [0.25, 0.3) is 6.08 Å². The minimum atomic E-state index is -3.11. The average Bonchev–Trinajstić information content (AvgIpc) is 3.02. The zero-order chi connectivity index (χ0) is 18.4. The summed E-state index contributed by atoms with van der Waals surface area (Å²) in [6.45, 7) is 0. The van der Waals surface area contributed by atoms with Gasteiger partial charge in [-0.15, -0.1) is 0 Å². The van der Waals surface area contributed by atoms with E-state index >= 15 is 0 Å². The summed E-state index contributed by atoms with van der Waals surface area (Å²) in [5, 5.41) is 9.86. The van der Waals surface area contributed by atoms with Gasteiger partial charge in [0, 0.05) is 0 Å². The molecule has 0 bridgehead atoms. The Hall–Kier alpha value is -1.10. The van der Waals surface area contributed by atoms with Crippen molar-refractivity contribution in [3.63, 3.8) is 0 Å². The van der Waals surface area contributed by atoms with Gasteiger partial charge < -0.3 is 9.84 Å². The number of halogens is 1. The first kappa shape index (κ1) is 18.7. The topological polar surface area (TPSA) is 83.9 Å². The van der Waals surface area contributed by atoms with Crippen molar-refractivity contribution >= 4 is 66.1 Å². The van der Waals surface area contributed by atoms with Crippen LogP contribution in [0.2, 0.25) is 0 Å². The number of methoxy groups -OCH3 is 1. The van der Waals surface area contributed by atoms with Gasteiger partial charge >= 0.3 is 0 Å². The average molecular weight is 464 g/mol. The monoisotopic (exact) mass is 463 g/mol. The second kappa shape index (κ2) is 6.90.